The maximum Gasteiger partial charge on any atom is 0.343 e. The fourth-order valence-corrected chi connectivity index (χ4v) is 3.03. The third-order valence-electron chi connectivity index (χ3n) is 4.49. The van der Waals surface area contributed by atoms with Gasteiger partial charge in [0.05, 0.1) is 0 Å². The van der Waals surface area contributed by atoms with Crippen LogP contribution in [0.5, 0.6) is 0 Å². The quantitative estimate of drug-likeness (QED) is 0.606. The van der Waals surface area contributed by atoms with Gasteiger partial charge in [0.25, 0.3) is 5.91 Å². The van der Waals surface area contributed by atoms with Crippen molar-refractivity contribution in [3.8, 4) is 0 Å². The molecule has 1 amide bonds. The lowest BCUT2D eigenvalue weighted by atomic mass is 10.2. The lowest BCUT2D eigenvalue weighted by Gasteiger charge is -2.34. The van der Waals surface area contributed by atoms with Crippen molar-refractivity contribution in [1.29, 1.82) is 0 Å². The molecule has 1 aromatic heterocycles. The number of benzene rings is 1. The summed E-state index contributed by atoms with van der Waals surface area (Å²) in [5.41, 5.74) is 1.26. The average molecular weight is 343 g/mol. The Bertz CT molecular complexity index is 751. The van der Waals surface area contributed by atoms with Gasteiger partial charge in [0.2, 0.25) is 0 Å². The first kappa shape index (κ1) is 17.1. The lowest BCUT2D eigenvalue weighted by molar-refractivity contribution is -0.392. The second-order valence-electron chi connectivity index (χ2n) is 6.15. The highest BCUT2D eigenvalue weighted by molar-refractivity contribution is 5.76. The molecule has 2 aromatic rings. The molecule has 0 radical (unpaired) electrons. The fraction of sp³-hybridized carbons (Fsp3) is 0.412. The summed E-state index contributed by atoms with van der Waals surface area (Å²) in [4.78, 5) is 31.0. The molecular formula is C17H21N5O3. The van der Waals surface area contributed by atoms with Gasteiger partial charge in [-0.1, -0.05) is 30.3 Å². The lowest BCUT2D eigenvalue weighted by Crippen LogP contribution is -2.49. The normalized spacial score (nSPS) is 15.3. The molecule has 8 nitrogen and oxygen atoms in total. The largest absolute Gasteiger partial charge is 0.358 e. The first-order valence-corrected chi connectivity index (χ1v) is 8.25. The van der Waals surface area contributed by atoms with E-state index < -0.39 is 4.92 Å². The van der Waals surface area contributed by atoms with E-state index in [0.29, 0.717) is 18.9 Å². The summed E-state index contributed by atoms with van der Waals surface area (Å²) in [7, 11) is 0. The standard InChI is InChI=1S/C17H21N5O3/c1-14-18-11-16(22(24)25)21(14)13-17(23)20-9-7-19(8-10-20)12-15-5-3-2-4-6-15/h2-6,11H,7-10,12-13H2,1H3. The summed E-state index contributed by atoms with van der Waals surface area (Å²) in [6, 6.07) is 10.2. The summed E-state index contributed by atoms with van der Waals surface area (Å²) in [5.74, 6) is 0.222. The minimum absolute atomic E-state index is 0.0408. The molecule has 25 heavy (non-hydrogen) atoms. The van der Waals surface area contributed by atoms with Crippen molar-refractivity contribution < 1.29 is 9.72 Å². The second-order valence-corrected chi connectivity index (χ2v) is 6.15. The smallest absolute Gasteiger partial charge is 0.343 e. The van der Waals surface area contributed by atoms with Crippen LogP contribution in [0.4, 0.5) is 5.82 Å². The maximum atomic E-state index is 12.5. The molecule has 3 rings (SSSR count). The van der Waals surface area contributed by atoms with Crippen LogP contribution < -0.4 is 0 Å². The van der Waals surface area contributed by atoms with Gasteiger partial charge in [-0.3, -0.25) is 9.69 Å². The zero-order valence-electron chi connectivity index (χ0n) is 14.2. The van der Waals surface area contributed by atoms with Crippen LogP contribution in [0.1, 0.15) is 11.4 Å². The number of amides is 1. The molecule has 0 N–H and O–H groups in total. The third kappa shape index (κ3) is 4.03. The highest BCUT2D eigenvalue weighted by atomic mass is 16.6. The van der Waals surface area contributed by atoms with Gasteiger partial charge in [-0.25, -0.2) is 9.55 Å². The van der Waals surface area contributed by atoms with E-state index in [1.807, 2.05) is 18.2 Å². The number of piperazine rings is 1. The van der Waals surface area contributed by atoms with Gasteiger partial charge in [-0.2, -0.15) is 0 Å². The Morgan fingerprint density at radius 1 is 1.20 bits per heavy atom. The third-order valence-corrected chi connectivity index (χ3v) is 4.49. The van der Waals surface area contributed by atoms with Crippen LogP contribution in [-0.4, -0.2) is 56.4 Å². The molecule has 1 aliphatic rings. The van der Waals surface area contributed by atoms with E-state index in [1.54, 1.807) is 11.8 Å². The van der Waals surface area contributed by atoms with E-state index in [1.165, 1.54) is 16.3 Å². The number of carbonyl (C=O) groups excluding carboxylic acids is 1. The fourth-order valence-electron chi connectivity index (χ4n) is 3.03. The minimum Gasteiger partial charge on any atom is -0.358 e. The number of nitrogens with zero attached hydrogens (tertiary/aromatic N) is 5. The molecule has 1 fully saturated rings. The molecular weight excluding hydrogens is 322 g/mol. The second kappa shape index (κ2) is 7.43. The maximum absolute atomic E-state index is 12.5. The van der Waals surface area contributed by atoms with Crippen molar-refractivity contribution in [2.45, 2.75) is 20.0 Å². The van der Waals surface area contributed by atoms with E-state index in [9.17, 15) is 14.9 Å². The molecule has 0 aliphatic carbocycles. The summed E-state index contributed by atoms with van der Waals surface area (Å²) in [6.07, 6.45) is 1.19. The van der Waals surface area contributed by atoms with Crippen molar-refractivity contribution in [1.82, 2.24) is 19.4 Å². The Kier molecular flexibility index (Phi) is 5.08. The molecule has 1 aromatic carbocycles. The highest BCUT2D eigenvalue weighted by Gasteiger charge is 2.26. The molecule has 1 aliphatic heterocycles. The number of carbonyl (C=O) groups is 1. The van der Waals surface area contributed by atoms with E-state index in [4.69, 9.17) is 0 Å². The predicted molar refractivity (Wildman–Crippen MR) is 91.9 cm³/mol. The molecule has 2 heterocycles. The molecule has 0 unspecified atom stereocenters. The van der Waals surface area contributed by atoms with E-state index in [0.717, 1.165) is 19.6 Å². The van der Waals surface area contributed by atoms with E-state index >= 15 is 0 Å². The number of rotatable bonds is 5. The molecule has 0 saturated carbocycles. The first-order valence-electron chi connectivity index (χ1n) is 8.25. The van der Waals surface area contributed by atoms with Crippen LogP contribution in [0.25, 0.3) is 0 Å². The number of hydrogen-bond acceptors (Lipinski definition) is 5. The van der Waals surface area contributed by atoms with Gasteiger partial charge in [-0.15, -0.1) is 0 Å². The van der Waals surface area contributed by atoms with Gasteiger partial charge in [0.15, 0.2) is 12.4 Å². The number of hydrogen-bond donors (Lipinski definition) is 0. The van der Waals surface area contributed by atoms with E-state index in [-0.39, 0.29) is 18.3 Å². The van der Waals surface area contributed by atoms with Gasteiger partial charge >= 0.3 is 5.82 Å². The number of aromatic nitrogens is 2. The van der Waals surface area contributed by atoms with Crippen LogP contribution in [0.2, 0.25) is 0 Å². The predicted octanol–water partition coefficient (Wildman–Crippen LogP) is 1.44. The van der Waals surface area contributed by atoms with Crippen molar-refractivity contribution in [3.05, 3.63) is 58.0 Å². The van der Waals surface area contributed by atoms with Crippen LogP contribution in [0.15, 0.2) is 36.5 Å². The van der Waals surface area contributed by atoms with Crippen LogP contribution in [0.3, 0.4) is 0 Å². The molecule has 132 valence electrons. The van der Waals surface area contributed by atoms with Crippen molar-refractivity contribution >= 4 is 11.7 Å². The van der Waals surface area contributed by atoms with Gasteiger partial charge in [-0.05, 0) is 10.5 Å². The Labute approximate surface area is 145 Å². The zero-order chi connectivity index (χ0) is 17.8. The summed E-state index contributed by atoms with van der Waals surface area (Å²) >= 11 is 0. The van der Waals surface area contributed by atoms with Crippen molar-refractivity contribution in [3.63, 3.8) is 0 Å². The Hall–Kier alpha value is -2.74. The first-order chi connectivity index (χ1) is 12.0. The number of imidazole rings is 1. The summed E-state index contributed by atoms with van der Waals surface area (Å²) in [6.45, 7) is 5.35. The minimum atomic E-state index is -0.509. The van der Waals surface area contributed by atoms with Crippen LogP contribution in [0, 0.1) is 17.0 Å². The highest BCUT2D eigenvalue weighted by Crippen LogP contribution is 2.15. The monoisotopic (exact) mass is 343 g/mol. The summed E-state index contributed by atoms with van der Waals surface area (Å²) < 4.78 is 1.36. The van der Waals surface area contributed by atoms with Gasteiger partial charge < -0.3 is 15.0 Å². The number of aryl methyl sites for hydroxylation is 1. The topological polar surface area (TPSA) is 84.5 Å². The Morgan fingerprint density at radius 2 is 1.88 bits per heavy atom. The molecule has 8 heteroatoms. The van der Waals surface area contributed by atoms with E-state index in [2.05, 4.69) is 22.0 Å². The molecule has 0 bridgehead atoms. The SMILES string of the molecule is Cc1ncc([N+](=O)[O-])n1CC(=O)N1CCN(Cc2ccccc2)CC1. The van der Waals surface area contributed by atoms with Crippen molar-refractivity contribution in [2.75, 3.05) is 26.2 Å². The Balaban J connectivity index is 1.55. The molecule has 0 atom stereocenters. The molecule has 1 saturated heterocycles. The average Bonchev–Trinajstić information content (AvgIpc) is 2.97. The number of nitro groups is 1. The van der Waals surface area contributed by atoms with Crippen LogP contribution >= 0.6 is 0 Å². The Morgan fingerprint density at radius 3 is 2.52 bits per heavy atom. The summed E-state index contributed by atoms with van der Waals surface area (Å²) in [5, 5.41) is 11.0. The zero-order valence-corrected chi connectivity index (χ0v) is 14.2. The van der Waals surface area contributed by atoms with Crippen LogP contribution in [-0.2, 0) is 17.9 Å². The van der Waals surface area contributed by atoms with Crippen molar-refractivity contribution in [2.24, 2.45) is 0 Å². The van der Waals surface area contributed by atoms with Gasteiger partial charge in [0, 0.05) is 39.6 Å². The molecule has 0 spiro atoms. The van der Waals surface area contributed by atoms with Gasteiger partial charge in [0.1, 0.15) is 6.20 Å².